The third-order valence-electron chi connectivity index (χ3n) is 4.54. The SMILES string of the molecule is CC(c1ccccc1P(c1ccccc1)c1ccccc1)[NH+](C)C. The van der Waals surface area contributed by atoms with Gasteiger partial charge in [-0.15, -0.1) is 0 Å². The summed E-state index contributed by atoms with van der Waals surface area (Å²) in [5, 5.41) is 4.29. The van der Waals surface area contributed by atoms with E-state index in [1.54, 1.807) is 0 Å². The van der Waals surface area contributed by atoms with Gasteiger partial charge in [-0.2, -0.15) is 0 Å². The van der Waals surface area contributed by atoms with E-state index in [1.807, 2.05) is 0 Å². The molecule has 0 heterocycles. The lowest BCUT2D eigenvalue weighted by atomic mass is 10.1. The summed E-state index contributed by atoms with van der Waals surface area (Å²) in [5.41, 5.74) is 1.45. The molecule has 24 heavy (non-hydrogen) atoms. The molecule has 1 unspecified atom stereocenters. The lowest BCUT2D eigenvalue weighted by Gasteiger charge is -2.26. The smallest absolute Gasteiger partial charge is 0.110 e. The molecular formula is C22H25NP+. The summed E-state index contributed by atoms with van der Waals surface area (Å²) in [4.78, 5) is 1.46. The second-order valence-corrected chi connectivity index (χ2v) is 8.55. The van der Waals surface area contributed by atoms with Crippen molar-refractivity contribution in [1.82, 2.24) is 0 Å². The maximum absolute atomic E-state index is 2.32. The Morgan fingerprint density at radius 2 is 1.12 bits per heavy atom. The molecule has 0 radical (unpaired) electrons. The first kappa shape index (κ1) is 16.9. The Balaban J connectivity index is 2.18. The molecule has 0 saturated carbocycles. The Hall–Kier alpha value is -1.95. The molecular weight excluding hydrogens is 309 g/mol. The fourth-order valence-electron chi connectivity index (χ4n) is 2.95. The molecule has 0 fully saturated rings. The Bertz CT molecular complexity index is 729. The Morgan fingerprint density at radius 1 is 0.667 bits per heavy atom. The summed E-state index contributed by atoms with van der Waals surface area (Å²) in [6.07, 6.45) is 0. The lowest BCUT2D eigenvalue weighted by molar-refractivity contribution is -0.889. The standard InChI is InChI=1S/C22H24NP/c1-18(23(2)3)21-16-10-11-17-22(21)24(19-12-6-4-7-13-19)20-14-8-5-9-15-20/h4-18H,1-3H3/p+1. The van der Waals surface area contributed by atoms with Gasteiger partial charge in [0.2, 0.25) is 0 Å². The zero-order valence-corrected chi connectivity index (χ0v) is 15.5. The van der Waals surface area contributed by atoms with Crippen molar-refractivity contribution in [3.05, 3.63) is 90.5 Å². The minimum absolute atomic E-state index is 0.471. The number of hydrogen-bond donors (Lipinski definition) is 1. The third kappa shape index (κ3) is 3.59. The molecule has 0 aromatic heterocycles. The van der Waals surface area contributed by atoms with Crippen LogP contribution in [0.25, 0.3) is 0 Å². The van der Waals surface area contributed by atoms with Gasteiger partial charge in [0.25, 0.3) is 0 Å². The highest BCUT2D eigenvalue weighted by atomic mass is 31.1. The van der Waals surface area contributed by atoms with Gasteiger partial charge in [0.15, 0.2) is 0 Å². The number of benzene rings is 3. The minimum atomic E-state index is -0.537. The maximum atomic E-state index is 2.32. The summed E-state index contributed by atoms with van der Waals surface area (Å²) < 4.78 is 0. The van der Waals surface area contributed by atoms with Crippen LogP contribution in [-0.4, -0.2) is 14.1 Å². The average Bonchev–Trinajstić information content (AvgIpc) is 2.63. The van der Waals surface area contributed by atoms with Crippen molar-refractivity contribution < 1.29 is 4.90 Å². The largest absolute Gasteiger partial charge is 0.334 e. The molecule has 0 amide bonds. The van der Waals surface area contributed by atoms with Crippen LogP contribution in [0.3, 0.4) is 0 Å². The first-order valence-electron chi connectivity index (χ1n) is 8.47. The van der Waals surface area contributed by atoms with Gasteiger partial charge in [-0.25, -0.2) is 0 Å². The summed E-state index contributed by atoms with van der Waals surface area (Å²) in [7, 11) is 3.92. The summed E-state index contributed by atoms with van der Waals surface area (Å²) in [6, 6.07) is 31.3. The van der Waals surface area contributed by atoms with E-state index in [1.165, 1.54) is 26.4 Å². The minimum Gasteiger partial charge on any atom is -0.334 e. The molecule has 2 heteroatoms. The predicted octanol–water partition coefficient (Wildman–Crippen LogP) is 2.65. The molecule has 3 aromatic carbocycles. The van der Waals surface area contributed by atoms with E-state index in [-0.39, 0.29) is 0 Å². The molecule has 1 nitrogen and oxygen atoms in total. The van der Waals surface area contributed by atoms with E-state index in [4.69, 9.17) is 0 Å². The number of rotatable bonds is 5. The van der Waals surface area contributed by atoms with Crippen LogP contribution in [-0.2, 0) is 0 Å². The van der Waals surface area contributed by atoms with Gasteiger partial charge in [0.05, 0.1) is 14.1 Å². The van der Waals surface area contributed by atoms with Crippen LogP contribution >= 0.6 is 7.92 Å². The van der Waals surface area contributed by atoms with E-state index in [0.717, 1.165) is 0 Å². The molecule has 1 atom stereocenters. The van der Waals surface area contributed by atoms with E-state index < -0.39 is 7.92 Å². The molecule has 1 N–H and O–H groups in total. The van der Waals surface area contributed by atoms with Gasteiger partial charge in [-0.1, -0.05) is 84.9 Å². The quantitative estimate of drug-likeness (QED) is 0.684. The summed E-state index contributed by atoms with van der Waals surface area (Å²) in [6.45, 7) is 2.32. The number of nitrogens with one attached hydrogen (secondary N) is 1. The zero-order valence-electron chi connectivity index (χ0n) is 14.6. The second kappa shape index (κ2) is 7.75. The van der Waals surface area contributed by atoms with Crippen molar-refractivity contribution in [2.45, 2.75) is 13.0 Å². The molecule has 0 spiro atoms. The van der Waals surface area contributed by atoms with E-state index in [2.05, 4.69) is 106 Å². The first-order chi connectivity index (χ1) is 11.7. The van der Waals surface area contributed by atoms with Crippen LogP contribution in [0.2, 0.25) is 0 Å². The maximum Gasteiger partial charge on any atom is 0.110 e. The Labute approximate surface area is 146 Å². The van der Waals surface area contributed by atoms with Crippen molar-refractivity contribution >= 4 is 23.8 Å². The monoisotopic (exact) mass is 334 g/mol. The highest BCUT2D eigenvalue weighted by molar-refractivity contribution is 7.79. The summed E-state index contributed by atoms with van der Waals surface area (Å²) in [5.74, 6) is 0. The normalized spacial score (nSPS) is 12.5. The van der Waals surface area contributed by atoms with Crippen LogP contribution < -0.4 is 20.8 Å². The molecule has 122 valence electrons. The fraction of sp³-hybridized carbons (Fsp3) is 0.182. The molecule has 3 aromatic rings. The topological polar surface area (TPSA) is 4.44 Å². The highest BCUT2D eigenvalue weighted by Gasteiger charge is 2.23. The molecule has 3 rings (SSSR count). The highest BCUT2D eigenvalue weighted by Crippen LogP contribution is 2.34. The van der Waals surface area contributed by atoms with Crippen molar-refractivity contribution in [3.8, 4) is 0 Å². The van der Waals surface area contributed by atoms with Crippen LogP contribution in [0.4, 0.5) is 0 Å². The average molecular weight is 334 g/mol. The number of hydrogen-bond acceptors (Lipinski definition) is 0. The van der Waals surface area contributed by atoms with Crippen LogP contribution in [0.5, 0.6) is 0 Å². The predicted molar refractivity (Wildman–Crippen MR) is 106 cm³/mol. The van der Waals surface area contributed by atoms with Gasteiger partial charge < -0.3 is 4.90 Å². The Kier molecular flexibility index (Phi) is 5.45. The van der Waals surface area contributed by atoms with E-state index in [9.17, 15) is 0 Å². The van der Waals surface area contributed by atoms with Crippen LogP contribution in [0, 0.1) is 0 Å². The van der Waals surface area contributed by atoms with Crippen LogP contribution in [0.1, 0.15) is 18.5 Å². The van der Waals surface area contributed by atoms with Crippen molar-refractivity contribution in [1.29, 1.82) is 0 Å². The summed E-state index contributed by atoms with van der Waals surface area (Å²) >= 11 is 0. The second-order valence-electron chi connectivity index (χ2n) is 6.36. The zero-order chi connectivity index (χ0) is 16.9. The van der Waals surface area contributed by atoms with Crippen molar-refractivity contribution in [3.63, 3.8) is 0 Å². The Morgan fingerprint density at radius 3 is 1.62 bits per heavy atom. The molecule has 0 saturated heterocycles. The molecule has 0 aliphatic rings. The van der Waals surface area contributed by atoms with E-state index >= 15 is 0 Å². The van der Waals surface area contributed by atoms with Gasteiger partial charge >= 0.3 is 0 Å². The molecule has 0 aliphatic carbocycles. The van der Waals surface area contributed by atoms with Crippen molar-refractivity contribution in [2.75, 3.05) is 14.1 Å². The lowest BCUT2D eigenvalue weighted by Crippen LogP contribution is -3.05. The van der Waals surface area contributed by atoms with Gasteiger partial charge in [-0.3, -0.25) is 0 Å². The third-order valence-corrected chi connectivity index (χ3v) is 7.06. The van der Waals surface area contributed by atoms with E-state index in [0.29, 0.717) is 6.04 Å². The van der Waals surface area contributed by atoms with Gasteiger partial charge in [0.1, 0.15) is 6.04 Å². The van der Waals surface area contributed by atoms with Gasteiger partial charge in [0, 0.05) is 5.56 Å². The first-order valence-corrected chi connectivity index (χ1v) is 9.82. The fourth-order valence-corrected chi connectivity index (χ4v) is 5.51. The van der Waals surface area contributed by atoms with Crippen molar-refractivity contribution in [2.24, 2.45) is 0 Å². The van der Waals surface area contributed by atoms with Crippen LogP contribution in [0.15, 0.2) is 84.9 Å². The molecule has 0 bridgehead atoms. The van der Waals surface area contributed by atoms with Gasteiger partial charge in [-0.05, 0) is 30.8 Å². The number of quaternary nitrogens is 1. The molecule has 0 aliphatic heterocycles.